The highest BCUT2D eigenvalue weighted by atomic mass is 35.5. The molecule has 1 saturated carbocycles. The molecule has 1 heterocycles. The molecule has 0 amide bonds. The van der Waals surface area contributed by atoms with Crippen LogP contribution in [0.1, 0.15) is 29.6 Å². The molecule has 0 radical (unpaired) electrons. The molecule has 0 aliphatic heterocycles. The minimum atomic E-state index is 0.480. The van der Waals surface area contributed by atoms with Gasteiger partial charge in [-0.1, -0.05) is 60.1 Å². The lowest BCUT2D eigenvalue weighted by Gasteiger charge is -2.00. The SMILES string of the molecule is Clc1ccc(C2CC2c2nc3ccc(-c4ccccc4)cc3[nH]2)cc1. The third kappa shape index (κ3) is 2.73. The van der Waals surface area contributed by atoms with Crippen molar-refractivity contribution in [2.75, 3.05) is 0 Å². The highest BCUT2D eigenvalue weighted by Gasteiger charge is 2.41. The number of aromatic amines is 1. The lowest BCUT2D eigenvalue weighted by atomic mass is 10.1. The lowest BCUT2D eigenvalue weighted by molar-refractivity contribution is 0.938. The number of hydrogen-bond donors (Lipinski definition) is 1. The van der Waals surface area contributed by atoms with Gasteiger partial charge in [0.1, 0.15) is 5.82 Å². The average molecular weight is 345 g/mol. The van der Waals surface area contributed by atoms with Gasteiger partial charge in [-0.15, -0.1) is 0 Å². The van der Waals surface area contributed by atoms with Crippen molar-refractivity contribution >= 4 is 22.6 Å². The standard InChI is InChI=1S/C22H17ClN2/c23-17-9-6-15(7-10-17)18-13-19(18)22-24-20-11-8-16(12-21(20)25-22)14-4-2-1-3-5-14/h1-12,18-19H,13H2,(H,24,25). The largest absolute Gasteiger partial charge is 0.342 e. The number of H-pyrrole nitrogens is 1. The van der Waals surface area contributed by atoms with Crippen LogP contribution in [-0.4, -0.2) is 9.97 Å². The minimum Gasteiger partial charge on any atom is -0.342 e. The number of hydrogen-bond acceptors (Lipinski definition) is 1. The summed E-state index contributed by atoms with van der Waals surface area (Å²) in [7, 11) is 0. The number of nitrogens with zero attached hydrogens (tertiary/aromatic N) is 1. The van der Waals surface area contributed by atoms with E-state index >= 15 is 0 Å². The van der Waals surface area contributed by atoms with E-state index in [1.807, 2.05) is 18.2 Å². The molecular weight excluding hydrogens is 328 g/mol. The molecule has 2 atom stereocenters. The molecule has 3 aromatic carbocycles. The number of nitrogens with one attached hydrogen (secondary N) is 1. The summed E-state index contributed by atoms with van der Waals surface area (Å²) in [6, 6.07) is 25.1. The quantitative estimate of drug-likeness (QED) is 0.474. The third-order valence-corrected chi connectivity index (χ3v) is 5.30. The van der Waals surface area contributed by atoms with Crippen LogP contribution < -0.4 is 0 Å². The molecule has 5 rings (SSSR count). The number of rotatable bonds is 3. The van der Waals surface area contributed by atoms with E-state index in [4.69, 9.17) is 16.6 Å². The second-order valence-electron chi connectivity index (χ2n) is 6.72. The van der Waals surface area contributed by atoms with Gasteiger partial charge < -0.3 is 4.98 Å². The van der Waals surface area contributed by atoms with E-state index in [1.54, 1.807) is 0 Å². The van der Waals surface area contributed by atoms with Gasteiger partial charge in [0.25, 0.3) is 0 Å². The topological polar surface area (TPSA) is 28.7 Å². The molecule has 1 aliphatic rings. The summed E-state index contributed by atoms with van der Waals surface area (Å²) < 4.78 is 0. The molecule has 1 N–H and O–H groups in total. The first-order valence-electron chi connectivity index (χ1n) is 8.58. The molecule has 4 aromatic rings. The molecule has 1 aromatic heterocycles. The van der Waals surface area contributed by atoms with Gasteiger partial charge in [-0.25, -0.2) is 4.98 Å². The number of imidazole rings is 1. The van der Waals surface area contributed by atoms with E-state index in [0.717, 1.165) is 28.3 Å². The van der Waals surface area contributed by atoms with Crippen LogP contribution in [0.25, 0.3) is 22.2 Å². The van der Waals surface area contributed by atoms with Crippen molar-refractivity contribution in [3.05, 3.63) is 89.2 Å². The highest BCUT2D eigenvalue weighted by molar-refractivity contribution is 6.30. The Balaban J connectivity index is 1.45. The van der Waals surface area contributed by atoms with Gasteiger partial charge in [0.2, 0.25) is 0 Å². The number of halogens is 1. The normalized spacial score (nSPS) is 19.2. The van der Waals surface area contributed by atoms with Crippen molar-refractivity contribution in [2.45, 2.75) is 18.3 Å². The summed E-state index contributed by atoms with van der Waals surface area (Å²) in [6.45, 7) is 0. The van der Waals surface area contributed by atoms with Gasteiger partial charge in [0.05, 0.1) is 11.0 Å². The maximum atomic E-state index is 5.99. The van der Waals surface area contributed by atoms with Gasteiger partial charge >= 0.3 is 0 Å². The number of benzene rings is 3. The van der Waals surface area contributed by atoms with Crippen LogP contribution in [0.4, 0.5) is 0 Å². The molecule has 2 nitrogen and oxygen atoms in total. The predicted molar refractivity (Wildman–Crippen MR) is 103 cm³/mol. The van der Waals surface area contributed by atoms with Crippen LogP contribution in [0.2, 0.25) is 5.02 Å². The fourth-order valence-electron chi connectivity index (χ4n) is 3.59. The van der Waals surface area contributed by atoms with E-state index in [1.165, 1.54) is 16.7 Å². The highest BCUT2D eigenvalue weighted by Crippen LogP contribution is 2.54. The Labute approximate surface area is 151 Å². The zero-order valence-corrected chi connectivity index (χ0v) is 14.4. The van der Waals surface area contributed by atoms with E-state index in [-0.39, 0.29) is 0 Å². The molecule has 2 unspecified atom stereocenters. The van der Waals surface area contributed by atoms with Crippen LogP contribution in [0.5, 0.6) is 0 Å². The van der Waals surface area contributed by atoms with Crippen LogP contribution in [0.3, 0.4) is 0 Å². The van der Waals surface area contributed by atoms with Crippen LogP contribution in [0, 0.1) is 0 Å². The Kier molecular flexibility index (Phi) is 3.39. The average Bonchev–Trinajstić information content (AvgIpc) is 3.34. The summed E-state index contributed by atoms with van der Waals surface area (Å²) in [6.07, 6.45) is 1.15. The molecule has 3 heteroatoms. The smallest absolute Gasteiger partial charge is 0.110 e. The Morgan fingerprint density at radius 3 is 2.44 bits per heavy atom. The molecule has 0 spiro atoms. The van der Waals surface area contributed by atoms with Crippen LogP contribution >= 0.6 is 11.6 Å². The Morgan fingerprint density at radius 2 is 1.64 bits per heavy atom. The first-order chi connectivity index (χ1) is 12.3. The molecule has 0 saturated heterocycles. The fraction of sp³-hybridized carbons (Fsp3) is 0.136. The van der Waals surface area contributed by atoms with E-state index in [9.17, 15) is 0 Å². The van der Waals surface area contributed by atoms with Gasteiger partial charge in [0, 0.05) is 10.9 Å². The van der Waals surface area contributed by atoms with Crippen molar-refractivity contribution in [3.63, 3.8) is 0 Å². The van der Waals surface area contributed by atoms with Crippen molar-refractivity contribution in [2.24, 2.45) is 0 Å². The second kappa shape index (κ2) is 5.75. The van der Waals surface area contributed by atoms with Crippen LogP contribution in [-0.2, 0) is 0 Å². The summed E-state index contributed by atoms with van der Waals surface area (Å²) >= 11 is 5.99. The predicted octanol–water partition coefficient (Wildman–Crippen LogP) is 6.15. The molecule has 122 valence electrons. The summed E-state index contributed by atoms with van der Waals surface area (Å²) in [5, 5.41) is 0.790. The van der Waals surface area contributed by atoms with Gasteiger partial charge in [0.15, 0.2) is 0 Å². The molecule has 1 aliphatic carbocycles. The maximum Gasteiger partial charge on any atom is 0.110 e. The monoisotopic (exact) mass is 344 g/mol. The van der Waals surface area contributed by atoms with Gasteiger partial charge in [-0.2, -0.15) is 0 Å². The van der Waals surface area contributed by atoms with Crippen molar-refractivity contribution in [1.29, 1.82) is 0 Å². The Bertz CT molecular complexity index is 1030. The maximum absolute atomic E-state index is 5.99. The van der Waals surface area contributed by atoms with Crippen LogP contribution in [0.15, 0.2) is 72.8 Å². The van der Waals surface area contributed by atoms with Crippen molar-refractivity contribution in [1.82, 2.24) is 9.97 Å². The summed E-state index contributed by atoms with van der Waals surface area (Å²) in [4.78, 5) is 8.36. The zero-order chi connectivity index (χ0) is 16.8. The van der Waals surface area contributed by atoms with E-state index in [2.05, 4.69) is 59.6 Å². The Hall–Kier alpha value is -2.58. The van der Waals surface area contributed by atoms with Gasteiger partial charge in [-0.05, 0) is 53.3 Å². The minimum absolute atomic E-state index is 0.480. The zero-order valence-electron chi connectivity index (χ0n) is 13.6. The first-order valence-corrected chi connectivity index (χ1v) is 8.96. The number of aromatic nitrogens is 2. The number of fused-ring (bicyclic) bond motifs is 1. The third-order valence-electron chi connectivity index (χ3n) is 5.05. The van der Waals surface area contributed by atoms with E-state index in [0.29, 0.717) is 11.8 Å². The first kappa shape index (κ1) is 14.7. The second-order valence-corrected chi connectivity index (χ2v) is 7.16. The summed E-state index contributed by atoms with van der Waals surface area (Å²) in [5.41, 5.74) is 5.94. The molecule has 0 bridgehead atoms. The van der Waals surface area contributed by atoms with E-state index < -0.39 is 0 Å². The molecular formula is C22H17ClN2. The lowest BCUT2D eigenvalue weighted by Crippen LogP contribution is -1.86. The molecule has 25 heavy (non-hydrogen) atoms. The molecule has 1 fully saturated rings. The van der Waals surface area contributed by atoms with Crippen molar-refractivity contribution < 1.29 is 0 Å². The Morgan fingerprint density at radius 1 is 0.840 bits per heavy atom. The van der Waals surface area contributed by atoms with Crippen molar-refractivity contribution in [3.8, 4) is 11.1 Å². The van der Waals surface area contributed by atoms with Gasteiger partial charge in [-0.3, -0.25) is 0 Å². The fourth-order valence-corrected chi connectivity index (χ4v) is 3.72. The summed E-state index contributed by atoms with van der Waals surface area (Å²) in [5.74, 6) is 2.13.